The van der Waals surface area contributed by atoms with E-state index in [0.29, 0.717) is 0 Å². The molecule has 31 heteroatoms. The number of hydrogen-bond acceptors (Lipinski definition) is 31. The van der Waals surface area contributed by atoms with Gasteiger partial charge < -0.3 is 154 Å². The first kappa shape index (κ1) is 55.1. The molecule has 29 atom stereocenters. The van der Waals surface area contributed by atoms with Gasteiger partial charge in [-0.3, -0.25) is 0 Å². The van der Waals surface area contributed by atoms with E-state index < -0.39 is 224 Å². The van der Waals surface area contributed by atoms with Gasteiger partial charge in [0.05, 0.1) is 39.6 Å². The van der Waals surface area contributed by atoms with Crippen LogP contribution < -0.4 is 0 Å². The first-order valence-corrected chi connectivity index (χ1v) is 21.1. The summed E-state index contributed by atoms with van der Waals surface area (Å²) < 4.78 is 61.4. The average molecular weight is 991 g/mol. The van der Waals surface area contributed by atoms with Gasteiger partial charge in [0.25, 0.3) is 0 Å². The smallest absolute Gasteiger partial charge is 0.224 e. The predicted molar refractivity (Wildman–Crippen MR) is 199 cm³/mol. The minimum atomic E-state index is -2.73. The van der Waals surface area contributed by atoms with Crippen LogP contribution in [0.2, 0.25) is 0 Å². The van der Waals surface area contributed by atoms with Gasteiger partial charge in [-0.1, -0.05) is 0 Å². The Morgan fingerprint density at radius 2 is 0.597 bits per heavy atom. The van der Waals surface area contributed by atoms with Crippen LogP contribution in [0, 0.1) is 0 Å². The molecule has 0 amide bonds. The zero-order valence-electron chi connectivity index (χ0n) is 35.1. The third-order valence-electron chi connectivity index (χ3n) is 12.5. The van der Waals surface area contributed by atoms with Crippen molar-refractivity contribution < 1.29 is 154 Å². The zero-order chi connectivity index (χ0) is 49.4. The molecule has 0 radical (unpaired) electrons. The summed E-state index contributed by atoms with van der Waals surface area (Å²) in [5.74, 6) is -2.73. The summed E-state index contributed by atoms with van der Waals surface area (Å²) in [5, 5.41) is 211. The van der Waals surface area contributed by atoms with Crippen molar-refractivity contribution in [3.8, 4) is 0 Å². The number of aliphatic hydroxyl groups is 20. The molecule has 0 saturated carbocycles. The van der Waals surface area contributed by atoms with Crippen LogP contribution in [-0.4, -0.2) is 326 Å². The second-order valence-corrected chi connectivity index (χ2v) is 16.8. The Morgan fingerprint density at radius 3 is 0.940 bits per heavy atom. The SMILES string of the molecule is OCC1OC(OC2C(O)C(CO)OC(OC3C(O)C(CO)OC(OC4C(O)C(CO)OC(OC5(CO)OC(CO)C(O)C5OC5OC(CO)C(O)C(O)C5O)C4O)C3O)C2O)C(O)C(O)C1O. The average Bonchev–Trinajstić information content (AvgIpc) is 3.58. The summed E-state index contributed by atoms with van der Waals surface area (Å²) in [6, 6.07) is 0. The lowest BCUT2D eigenvalue weighted by atomic mass is 9.95. The fourth-order valence-electron chi connectivity index (χ4n) is 8.57. The number of rotatable bonds is 17. The molecule has 6 aliphatic heterocycles. The van der Waals surface area contributed by atoms with Gasteiger partial charge in [0.15, 0.2) is 31.5 Å². The van der Waals surface area contributed by atoms with Crippen LogP contribution in [0.15, 0.2) is 0 Å². The highest BCUT2D eigenvalue weighted by molar-refractivity contribution is 5.02. The van der Waals surface area contributed by atoms with Crippen molar-refractivity contribution >= 4 is 0 Å². The van der Waals surface area contributed by atoms with Crippen LogP contribution in [0.25, 0.3) is 0 Å². The molecule has 31 nitrogen and oxygen atoms in total. The fraction of sp³-hybridized carbons (Fsp3) is 1.00. The largest absolute Gasteiger partial charge is 0.394 e. The van der Waals surface area contributed by atoms with Gasteiger partial charge in [-0.25, -0.2) is 0 Å². The van der Waals surface area contributed by atoms with Crippen molar-refractivity contribution in [1.29, 1.82) is 0 Å². The van der Waals surface area contributed by atoms with Crippen LogP contribution >= 0.6 is 0 Å². The normalized spacial score (nSPS) is 53.2. The third-order valence-corrected chi connectivity index (χ3v) is 12.5. The fourth-order valence-corrected chi connectivity index (χ4v) is 8.57. The molecular formula is C36H62O31. The zero-order valence-corrected chi connectivity index (χ0v) is 35.1. The minimum Gasteiger partial charge on any atom is -0.394 e. The van der Waals surface area contributed by atoms with Crippen molar-refractivity contribution in [3.63, 3.8) is 0 Å². The van der Waals surface area contributed by atoms with Crippen LogP contribution in [0.4, 0.5) is 0 Å². The molecular weight excluding hydrogens is 928 g/mol. The molecule has 0 aromatic heterocycles. The van der Waals surface area contributed by atoms with Crippen LogP contribution in [0.1, 0.15) is 0 Å². The molecule has 0 bridgehead atoms. The maximum absolute atomic E-state index is 11.6. The molecule has 6 aliphatic rings. The van der Waals surface area contributed by atoms with Crippen molar-refractivity contribution in [1.82, 2.24) is 0 Å². The van der Waals surface area contributed by atoms with E-state index in [2.05, 4.69) is 0 Å². The molecule has 6 fully saturated rings. The van der Waals surface area contributed by atoms with Crippen molar-refractivity contribution in [2.45, 2.75) is 178 Å². The van der Waals surface area contributed by atoms with E-state index in [1.165, 1.54) is 0 Å². The number of hydrogen-bond donors (Lipinski definition) is 20. The summed E-state index contributed by atoms with van der Waals surface area (Å²) in [6.45, 7) is -7.20. The summed E-state index contributed by atoms with van der Waals surface area (Å²) >= 11 is 0. The Hall–Kier alpha value is -1.24. The molecule has 6 rings (SSSR count). The molecule has 0 aliphatic carbocycles. The van der Waals surface area contributed by atoms with E-state index in [1.807, 2.05) is 0 Å². The van der Waals surface area contributed by atoms with Gasteiger partial charge in [0.2, 0.25) is 5.79 Å². The van der Waals surface area contributed by atoms with E-state index in [4.69, 9.17) is 52.1 Å². The number of aliphatic hydroxyl groups excluding tert-OH is 20. The van der Waals surface area contributed by atoms with Gasteiger partial charge in [-0.2, -0.15) is 0 Å². The van der Waals surface area contributed by atoms with E-state index in [0.717, 1.165) is 0 Å². The van der Waals surface area contributed by atoms with E-state index in [1.54, 1.807) is 0 Å². The molecule has 67 heavy (non-hydrogen) atoms. The molecule has 29 unspecified atom stereocenters. The van der Waals surface area contributed by atoms with Gasteiger partial charge in [-0.05, 0) is 0 Å². The van der Waals surface area contributed by atoms with Crippen molar-refractivity contribution in [2.75, 3.05) is 46.2 Å². The highest BCUT2D eigenvalue weighted by atomic mass is 16.8. The lowest BCUT2D eigenvalue weighted by molar-refractivity contribution is -0.413. The lowest BCUT2D eigenvalue weighted by Crippen LogP contribution is -2.68. The Balaban J connectivity index is 1.21. The summed E-state index contributed by atoms with van der Waals surface area (Å²) in [5.41, 5.74) is 0. The molecule has 20 N–H and O–H groups in total. The summed E-state index contributed by atoms with van der Waals surface area (Å²) in [4.78, 5) is 0. The topological polar surface area (TPSA) is 506 Å². The minimum absolute atomic E-state index is 0.878. The summed E-state index contributed by atoms with van der Waals surface area (Å²) in [7, 11) is 0. The second-order valence-electron chi connectivity index (χ2n) is 16.8. The van der Waals surface area contributed by atoms with Gasteiger partial charge in [0.1, 0.15) is 147 Å². The van der Waals surface area contributed by atoms with Gasteiger partial charge in [-0.15, -0.1) is 0 Å². The first-order chi connectivity index (χ1) is 31.8. The van der Waals surface area contributed by atoms with Crippen LogP contribution in [0.5, 0.6) is 0 Å². The summed E-state index contributed by atoms with van der Waals surface area (Å²) in [6.07, 6.45) is -55.0. The Bertz CT molecular complexity index is 1520. The van der Waals surface area contributed by atoms with Crippen LogP contribution in [0.3, 0.4) is 0 Å². The third kappa shape index (κ3) is 10.8. The molecule has 392 valence electrons. The Kier molecular flexibility index (Phi) is 19.0. The van der Waals surface area contributed by atoms with E-state index in [9.17, 15) is 102 Å². The van der Waals surface area contributed by atoms with Crippen molar-refractivity contribution in [3.05, 3.63) is 0 Å². The lowest BCUT2D eigenvalue weighted by Gasteiger charge is -2.49. The Labute approximate surface area is 378 Å². The molecule has 0 aromatic carbocycles. The molecule has 6 saturated heterocycles. The maximum Gasteiger partial charge on any atom is 0.224 e. The second kappa shape index (κ2) is 23.1. The molecule has 0 spiro atoms. The maximum atomic E-state index is 11.6. The quantitative estimate of drug-likeness (QED) is 0.0643. The monoisotopic (exact) mass is 990 g/mol. The van der Waals surface area contributed by atoms with Gasteiger partial charge >= 0.3 is 0 Å². The standard InChI is InChI=1S/C36H62O31/c37-1-8-14(44)20(50)22(52)31(57-8)62-27-16(46)10(3-39)59-33(24(27)54)63-28-17(47)11(4-40)60-34(25(28)55)64-29-18(48)12(5-41)61-35(26(29)56)67-36(7-43)30(19(49)13(6-42)66-36)65-32-23(53)21(51)15(45)9(2-38)58-32/h8-35,37-56H,1-7H2. The van der Waals surface area contributed by atoms with E-state index >= 15 is 0 Å². The first-order valence-electron chi connectivity index (χ1n) is 21.1. The highest BCUT2D eigenvalue weighted by Crippen LogP contribution is 2.41. The molecule has 6 heterocycles. The number of ether oxygens (including phenoxy) is 11. The van der Waals surface area contributed by atoms with Gasteiger partial charge in [0, 0.05) is 0 Å². The van der Waals surface area contributed by atoms with E-state index in [-0.39, 0.29) is 0 Å². The van der Waals surface area contributed by atoms with Crippen LogP contribution in [-0.2, 0) is 52.1 Å². The predicted octanol–water partition coefficient (Wildman–Crippen LogP) is -14.1. The van der Waals surface area contributed by atoms with Crippen molar-refractivity contribution in [2.24, 2.45) is 0 Å². The highest BCUT2D eigenvalue weighted by Gasteiger charge is 2.62. The Morgan fingerprint density at radius 1 is 0.299 bits per heavy atom. The molecule has 0 aromatic rings.